The molecule has 2 aromatic rings. The number of carbonyl (C=O) groups excluding carboxylic acids is 1. The summed E-state index contributed by atoms with van der Waals surface area (Å²) in [5.74, 6) is 1.13. The molecule has 1 N–H and O–H groups in total. The van der Waals surface area contributed by atoms with Gasteiger partial charge in [-0.3, -0.25) is 4.79 Å². The predicted molar refractivity (Wildman–Crippen MR) is 92.7 cm³/mol. The molecule has 0 unspecified atom stereocenters. The molecule has 120 valence electrons. The van der Waals surface area contributed by atoms with Gasteiger partial charge in [0.25, 0.3) is 5.91 Å². The average molecular weight is 310 g/mol. The number of nitrogens with one attached hydrogen (secondary N) is 1. The number of amides is 1. The van der Waals surface area contributed by atoms with Gasteiger partial charge in [0.15, 0.2) is 6.61 Å². The molecule has 2 aromatic carbocycles. The molecule has 0 radical (unpaired) electrons. The average Bonchev–Trinajstić information content (AvgIpc) is 2.58. The van der Waals surface area contributed by atoms with E-state index in [2.05, 4.69) is 17.5 Å². The van der Waals surface area contributed by atoms with Gasteiger partial charge in [-0.25, -0.2) is 5.43 Å². The Morgan fingerprint density at radius 2 is 2.09 bits per heavy atom. The number of hydrogen-bond acceptors (Lipinski definition) is 3. The fraction of sp³-hybridized carbons (Fsp3) is 0.368. The van der Waals surface area contributed by atoms with Gasteiger partial charge in [-0.1, -0.05) is 37.3 Å². The van der Waals surface area contributed by atoms with Gasteiger partial charge >= 0.3 is 0 Å². The number of fused-ring (bicyclic) bond motifs is 1. The second-order valence-corrected chi connectivity index (χ2v) is 6.21. The molecule has 1 amide bonds. The molecule has 0 heterocycles. The van der Waals surface area contributed by atoms with Crippen molar-refractivity contribution in [3.8, 4) is 5.75 Å². The molecule has 3 rings (SSSR count). The fourth-order valence-corrected chi connectivity index (χ4v) is 2.94. The highest BCUT2D eigenvalue weighted by Crippen LogP contribution is 2.21. The van der Waals surface area contributed by atoms with Crippen molar-refractivity contribution in [2.45, 2.75) is 32.6 Å². The summed E-state index contributed by atoms with van der Waals surface area (Å²) in [6.07, 6.45) is 4.36. The normalized spacial score (nSPS) is 19.7. The lowest BCUT2D eigenvalue weighted by molar-refractivity contribution is -0.123. The summed E-state index contributed by atoms with van der Waals surface area (Å²) in [5.41, 5.74) is 3.69. The van der Waals surface area contributed by atoms with Crippen molar-refractivity contribution in [2.24, 2.45) is 11.0 Å². The Bertz CT molecular complexity index is 724. The zero-order chi connectivity index (χ0) is 16.1. The molecule has 1 aliphatic rings. The zero-order valence-corrected chi connectivity index (χ0v) is 13.4. The van der Waals surface area contributed by atoms with Crippen LogP contribution < -0.4 is 10.2 Å². The van der Waals surface area contributed by atoms with E-state index in [0.29, 0.717) is 11.7 Å². The zero-order valence-electron chi connectivity index (χ0n) is 13.4. The van der Waals surface area contributed by atoms with Gasteiger partial charge in [-0.05, 0) is 54.5 Å². The minimum absolute atomic E-state index is 0.0231. The summed E-state index contributed by atoms with van der Waals surface area (Å²) in [6, 6.07) is 13.9. The van der Waals surface area contributed by atoms with E-state index < -0.39 is 0 Å². The Balaban J connectivity index is 1.52. The number of ether oxygens (including phenoxy) is 1. The highest BCUT2D eigenvalue weighted by molar-refractivity contribution is 5.87. The van der Waals surface area contributed by atoms with Crippen LogP contribution in [-0.4, -0.2) is 18.2 Å². The molecule has 0 saturated heterocycles. The van der Waals surface area contributed by atoms with Crippen LogP contribution in [0.4, 0.5) is 0 Å². The van der Waals surface area contributed by atoms with Crippen LogP contribution >= 0.6 is 0 Å². The van der Waals surface area contributed by atoms with Crippen molar-refractivity contribution in [2.75, 3.05) is 6.61 Å². The van der Waals surface area contributed by atoms with Crippen molar-refractivity contribution in [3.63, 3.8) is 0 Å². The molecule has 1 aliphatic carbocycles. The van der Waals surface area contributed by atoms with Crippen molar-refractivity contribution in [1.82, 2.24) is 5.43 Å². The van der Waals surface area contributed by atoms with E-state index in [-0.39, 0.29) is 12.5 Å². The lowest BCUT2D eigenvalue weighted by atomic mass is 9.89. The van der Waals surface area contributed by atoms with Gasteiger partial charge in [0, 0.05) is 5.71 Å². The van der Waals surface area contributed by atoms with E-state index in [0.717, 1.165) is 35.7 Å². The molecule has 4 nitrogen and oxygen atoms in total. The first kappa shape index (κ1) is 15.5. The van der Waals surface area contributed by atoms with E-state index in [9.17, 15) is 4.79 Å². The first-order valence-electron chi connectivity index (χ1n) is 8.16. The van der Waals surface area contributed by atoms with E-state index in [1.807, 2.05) is 42.5 Å². The fourth-order valence-electron chi connectivity index (χ4n) is 2.94. The topological polar surface area (TPSA) is 50.7 Å². The van der Waals surface area contributed by atoms with E-state index in [1.54, 1.807) is 0 Å². The molecule has 1 fully saturated rings. The Labute approximate surface area is 136 Å². The Hall–Kier alpha value is -2.36. The molecule has 0 spiro atoms. The van der Waals surface area contributed by atoms with Crippen molar-refractivity contribution >= 4 is 22.4 Å². The van der Waals surface area contributed by atoms with Crippen LogP contribution in [-0.2, 0) is 4.79 Å². The van der Waals surface area contributed by atoms with Gasteiger partial charge in [0.05, 0.1) is 0 Å². The van der Waals surface area contributed by atoms with Gasteiger partial charge < -0.3 is 4.74 Å². The maximum Gasteiger partial charge on any atom is 0.277 e. The van der Waals surface area contributed by atoms with E-state index in [4.69, 9.17) is 4.74 Å². The number of rotatable bonds is 4. The molecule has 1 atom stereocenters. The maximum absolute atomic E-state index is 11.9. The number of carbonyl (C=O) groups is 1. The smallest absolute Gasteiger partial charge is 0.277 e. The molecule has 0 aliphatic heterocycles. The third kappa shape index (κ3) is 4.31. The first-order valence-corrected chi connectivity index (χ1v) is 8.16. The van der Waals surface area contributed by atoms with Gasteiger partial charge in [0.2, 0.25) is 0 Å². The monoisotopic (exact) mass is 310 g/mol. The Morgan fingerprint density at radius 1 is 1.26 bits per heavy atom. The van der Waals surface area contributed by atoms with Crippen LogP contribution in [0, 0.1) is 5.92 Å². The maximum atomic E-state index is 11.9. The second-order valence-electron chi connectivity index (χ2n) is 6.21. The molecular formula is C19H22N2O2. The highest BCUT2D eigenvalue weighted by atomic mass is 16.5. The predicted octanol–water partition coefficient (Wildman–Crippen LogP) is 3.90. The largest absolute Gasteiger partial charge is 0.484 e. The third-order valence-corrected chi connectivity index (χ3v) is 4.18. The van der Waals surface area contributed by atoms with Crippen molar-refractivity contribution in [3.05, 3.63) is 42.5 Å². The lowest BCUT2D eigenvalue weighted by Crippen LogP contribution is -2.27. The minimum atomic E-state index is -0.219. The van der Waals surface area contributed by atoms with Crippen LogP contribution in [0.15, 0.2) is 47.6 Å². The van der Waals surface area contributed by atoms with Crippen LogP contribution in [0.25, 0.3) is 10.8 Å². The second kappa shape index (κ2) is 7.27. The molecule has 4 heteroatoms. The number of hydrazone groups is 1. The molecular weight excluding hydrogens is 288 g/mol. The highest BCUT2D eigenvalue weighted by Gasteiger charge is 2.14. The first-order chi connectivity index (χ1) is 11.2. The number of hydrogen-bond donors (Lipinski definition) is 1. The van der Waals surface area contributed by atoms with Gasteiger partial charge in [0.1, 0.15) is 5.75 Å². The molecule has 0 bridgehead atoms. The van der Waals surface area contributed by atoms with Crippen LogP contribution in [0.2, 0.25) is 0 Å². The van der Waals surface area contributed by atoms with Crippen molar-refractivity contribution in [1.29, 1.82) is 0 Å². The van der Waals surface area contributed by atoms with Crippen molar-refractivity contribution < 1.29 is 9.53 Å². The standard InChI is InChI=1S/C19H22N2O2/c1-14-5-4-8-17(11-14)20-21-19(22)13-23-18-10-9-15-6-2-3-7-16(15)12-18/h2-3,6-7,9-10,12,14H,4-5,8,11,13H2,1H3,(H,21,22)/b20-17+/t14-/m1/s1. The van der Waals surface area contributed by atoms with Crippen LogP contribution in [0.1, 0.15) is 32.6 Å². The van der Waals surface area contributed by atoms with Gasteiger partial charge in [-0.15, -0.1) is 0 Å². The summed E-state index contributed by atoms with van der Waals surface area (Å²) < 4.78 is 5.56. The SMILES string of the molecule is C[C@@H]1CCC/C(=N\NC(=O)COc2ccc3ccccc3c2)C1. The lowest BCUT2D eigenvalue weighted by Gasteiger charge is -2.18. The summed E-state index contributed by atoms with van der Waals surface area (Å²) in [7, 11) is 0. The van der Waals surface area contributed by atoms with E-state index in [1.165, 1.54) is 6.42 Å². The molecule has 23 heavy (non-hydrogen) atoms. The number of benzene rings is 2. The number of nitrogens with zero attached hydrogens (tertiary/aromatic N) is 1. The van der Waals surface area contributed by atoms with Crippen LogP contribution in [0.3, 0.4) is 0 Å². The summed E-state index contributed by atoms with van der Waals surface area (Å²) in [6.45, 7) is 2.20. The molecule has 1 saturated carbocycles. The quantitative estimate of drug-likeness (QED) is 0.871. The van der Waals surface area contributed by atoms with Gasteiger partial charge in [-0.2, -0.15) is 5.10 Å². The molecule has 0 aromatic heterocycles. The summed E-state index contributed by atoms with van der Waals surface area (Å²) in [5, 5.41) is 6.49. The third-order valence-electron chi connectivity index (χ3n) is 4.18. The minimum Gasteiger partial charge on any atom is -0.484 e. The van der Waals surface area contributed by atoms with Crippen LogP contribution in [0.5, 0.6) is 5.75 Å². The Morgan fingerprint density at radius 3 is 2.91 bits per heavy atom. The summed E-state index contributed by atoms with van der Waals surface area (Å²) >= 11 is 0. The summed E-state index contributed by atoms with van der Waals surface area (Å²) in [4.78, 5) is 11.9. The Kier molecular flexibility index (Phi) is 4.91. The van der Waals surface area contributed by atoms with E-state index >= 15 is 0 Å².